The number of hydrogen-bond donors (Lipinski definition) is 0. The van der Waals surface area contributed by atoms with E-state index in [1.165, 1.54) is 37.3 Å². The van der Waals surface area contributed by atoms with E-state index in [4.69, 9.17) is 0 Å². The molecule has 0 atom stereocenters. The Morgan fingerprint density at radius 2 is 0.953 bits per heavy atom. The molecule has 6 aliphatic rings. The number of thiazole rings is 1. The molecule has 0 saturated heterocycles. The first-order valence-electron chi connectivity index (χ1n) is 41.4. The van der Waals surface area contributed by atoms with Crippen LogP contribution < -0.4 is 4.90 Å². The minimum atomic E-state index is -3.38. The Bertz CT molecular complexity index is 6970. The Balaban J connectivity index is 0.000000113. The third kappa shape index (κ3) is 18.7. The number of benzene rings is 9. The van der Waals surface area contributed by atoms with Crippen LogP contribution >= 0.6 is 11.3 Å². The number of anilines is 1. The highest BCUT2D eigenvalue weighted by atomic mass is 32.2. The Hall–Kier alpha value is -13.8. The van der Waals surface area contributed by atoms with Gasteiger partial charge < -0.3 is 24.5 Å². The van der Waals surface area contributed by atoms with Crippen LogP contribution in [0.2, 0.25) is 0 Å². The number of aromatic nitrogens is 8. The summed E-state index contributed by atoms with van der Waals surface area (Å²) < 4.78 is 116. The summed E-state index contributed by atoms with van der Waals surface area (Å²) in [7, 11) is 1.10. The monoisotopic (exact) mass is 1770 g/mol. The highest BCUT2D eigenvalue weighted by molar-refractivity contribution is 7.89. The molecule has 646 valence electrons. The summed E-state index contributed by atoms with van der Waals surface area (Å²) in [6.45, 7) is 6.95. The number of carbonyl (C=O) groups is 3. The second kappa shape index (κ2) is 37.0. The van der Waals surface area contributed by atoms with E-state index in [0.717, 1.165) is 108 Å². The van der Waals surface area contributed by atoms with Crippen LogP contribution in [-0.2, 0) is 92.5 Å². The second-order valence-electron chi connectivity index (χ2n) is 32.1. The van der Waals surface area contributed by atoms with Gasteiger partial charge in [-0.1, -0.05) is 121 Å². The van der Waals surface area contributed by atoms with Crippen molar-refractivity contribution in [3.05, 3.63) is 386 Å². The zero-order chi connectivity index (χ0) is 89.1. The molecule has 6 aliphatic heterocycles. The number of aryl methyl sites for hydroxylation is 2. The van der Waals surface area contributed by atoms with Gasteiger partial charge in [0.2, 0.25) is 20.0 Å². The minimum Gasteiger partial charge on any atom is -0.378 e. The summed E-state index contributed by atoms with van der Waals surface area (Å²) >= 11 is 1.62. The largest absolute Gasteiger partial charge is 0.378 e. The standard InChI is InChI=1S/C22H16F2N4O.C22H20FN3O.C20H20FN3O.C18H16N2O2S2.C17H15N3O2S/c1-27-10-15-7-13(4-5-20(15)26-27)14-8-18(23)17(19(24)9-14)11-28-12-21-16(22(28)29)3-2-6-25-21;1-25(2)18-9-7-15(8-10-18)16-5-6-17(20(23)12-16)13-26-14-21-19(22(26)27)4-3-11-24-21;1-23-9-6-14(7-10-23)15-4-5-16(18(21)11-15)12-24-13-19-17(20(24)25)3-2-8-22-19;1-13-19-17(12-23-13)15-8-6-14(7-9-15)10-20-11-16-4-2-3-5-18(16)24(20,21)22;21-23(22)17-5-2-1-4-15(17)13-19(23)12-14-6-8-16(9-7-14)20-11-3-10-18-20/h2-10H,11-12H2,1H3;3-12H,13-14H2,1-2H3;2-6,8,11H,7,9-10,12-13H2,1H3;2-9,12H,10-11H2,1H3;1-11H,12-13H2. The van der Waals surface area contributed by atoms with Crippen LogP contribution in [0.1, 0.15) is 104 Å². The zero-order valence-corrected chi connectivity index (χ0v) is 73.0. The van der Waals surface area contributed by atoms with Gasteiger partial charge in [-0.25, -0.2) is 44.1 Å². The summed E-state index contributed by atoms with van der Waals surface area (Å²) in [5.41, 5.74) is 18.3. The van der Waals surface area contributed by atoms with Gasteiger partial charge in [0.15, 0.2) is 0 Å². The van der Waals surface area contributed by atoms with E-state index in [1.807, 2.05) is 178 Å². The predicted molar refractivity (Wildman–Crippen MR) is 484 cm³/mol. The van der Waals surface area contributed by atoms with E-state index in [2.05, 4.69) is 48.2 Å². The maximum atomic E-state index is 14.8. The Morgan fingerprint density at radius 3 is 1.44 bits per heavy atom. The van der Waals surface area contributed by atoms with Crippen LogP contribution in [0, 0.1) is 30.2 Å². The van der Waals surface area contributed by atoms with Crippen LogP contribution in [-0.4, -0.2) is 136 Å². The van der Waals surface area contributed by atoms with Crippen LogP contribution in [0.4, 0.5) is 23.2 Å². The van der Waals surface area contributed by atoms with Gasteiger partial charge in [-0.15, -0.1) is 11.3 Å². The van der Waals surface area contributed by atoms with Gasteiger partial charge in [0.1, 0.15) is 23.3 Å². The molecule has 29 heteroatoms. The van der Waals surface area contributed by atoms with Gasteiger partial charge in [-0.3, -0.25) is 34.0 Å². The molecule has 0 fully saturated rings. The molecule has 6 aromatic heterocycles. The smallest absolute Gasteiger partial charge is 0.256 e. The topological polar surface area (TPSA) is 229 Å². The molecule has 21 rings (SSSR count). The molecule has 128 heavy (non-hydrogen) atoms. The first-order chi connectivity index (χ1) is 61.8. The summed E-state index contributed by atoms with van der Waals surface area (Å²) in [5.74, 6) is -2.36. The zero-order valence-electron chi connectivity index (χ0n) is 70.6. The number of pyridine rings is 3. The molecule has 9 aromatic carbocycles. The summed E-state index contributed by atoms with van der Waals surface area (Å²) in [6, 6.07) is 68.9. The molecule has 0 bridgehead atoms. The van der Waals surface area contributed by atoms with Gasteiger partial charge >= 0.3 is 0 Å². The van der Waals surface area contributed by atoms with E-state index < -0.39 is 31.7 Å². The van der Waals surface area contributed by atoms with Gasteiger partial charge in [0.25, 0.3) is 17.7 Å². The molecule has 3 amide bonds. The van der Waals surface area contributed by atoms with E-state index >= 15 is 0 Å². The van der Waals surface area contributed by atoms with Crippen LogP contribution in [0.25, 0.3) is 55.7 Å². The number of nitrogens with zero attached hydrogens (tertiary/aromatic N) is 15. The quantitative estimate of drug-likeness (QED) is 0.0819. The second-order valence-corrected chi connectivity index (χ2v) is 37.0. The van der Waals surface area contributed by atoms with Crippen LogP contribution in [0.5, 0.6) is 0 Å². The Labute approximate surface area is 742 Å². The number of likely N-dealkylation sites (N-methyl/N-ethyl adjacent to an activating group) is 1. The van der Waals surface area contributed by atoms with Crippen molar-refractivity contribution in [3.8, 4) is 39.2 Å². The van der Waals surface area contributed by atoms with Crippen molar-refractivity contribution in [1.29, 1.82) is 0 Å². The summed E-state index contributed by atoms with van der Waals surface area (Å²) in [5, 5.41) is 12.4. The third-order valence-electron chi connectivity index (χ3n) is 23.2. The molecule has 12 heterocycles. The highest BCUT2D eigenvalue weighted by Gasteiger charge is 2.37. The number of carbonyl (C=O) groups excluding carboxylic acids is 3. The van der Waals surface area contributed by atoms with Crippen LogP contribution in [0.3, 0.4) is 0 Å². The first kappa shape index (κ1) is 86.3. The van der Waals surface area contributed by atoms with E-state index in [9.17, 15) is 48.8 Å². The van der Waals surface area contributed by atoms with Crippen molar-refractivity contribution in [2.75, 3.05) is 39.1 Å². The van der Waals surface area contributed by atoms with Gasteiger partial charge in [-0.2, -0.15) is 18.8 Å². The minimum absolute atomic E-state index is 0.0791. The van der Waals surface area contributed by atoms with Gasteiger partial charge in [0.05, 0.1) is 91.6 Å². The molecular weight excluding hydrogens is 1680 g/mol. The molecule has 0 aliphatic carbocycles. The van der Waals surface area contributed by atoms with Crippen LogP contribution in [0.15, 0.2) is 289 Å². The first-order valence-corrected chi connectivity index (χ1v) is 45.2. The van der Waals surface area contributed by atoms with Crippen molar-refractivity contribution < 1.29 is 48.8 Å². The third-order valence-corrected chi connectivity index (χ3v) is 27.7. The van der Waals surface area contributed by atoms with Gasteiger partial charge in [0, 0.05) is 149 Å². The fourth-order valence-corrected chi connectivity index (χ4v) is 20.1. The number of sulfonamides is 2. The van der Waals surface area contributed by atoms with Crippen molar-refractivity contribution >= 4 is 71.3 Å². The lowest BCUT2D eigenvalue weighted by molar-refractivity contribution is 0.0756. The number of halogens is 4. The highest BCUT2D eigenvalue weighted by Crippen LogP contribution is 2.37. The molecule has 0 radical (unpaired) electrons. The van der Waals surface area contributed by atoms with Gasteiger partial charge in [-0.05, 0) is 191 Å². The van der Waals surface area contributed by atoms with Crippen molar-refractivity contribution in [2.24, 2.45) is 7.05 Å². The van der Waals surface area contributed by atoms with Crippen molar-refractivity contribution in [1.82, 2.24) is 67.7 Å². The number of rotatable bonds is 16. The van der Waals surface area contributed by atoms with Crippen molar-refractivity contribution in [3.63, 3.8) is 0 Å². The fourth-order valence-electron chi connectivity index (χ4n) is 16.2. The lowest BCUT2D eigenvalue weighted by Gasteiger charge is -2.22. The molecule has 0 unspecified atom stereocenters. The molecule has 0 N–H and O–H groups in total. The van der Waals surface area contributed by atoms with E-state index in [-0.39, 0.29) is 61.1 Å². The molecular formula is C99H87F4N15O7S3. The number of fused-ring (bicyclic) bond motifs is 6. The number of amides is 3. The summed E-state index contributed by atoms with van der Waals surface area (Å²) in [4.78, 5) is 64.2. The molecule has 22 nitrogen and oxygen atoms in total. The average molecular weight is 1770 g/mol. The molecule has 0 saturated carbocycles. The SMILES string of the molecule is CN(C)c1ccc(-c2ccc(CN3Cc4ncccc4C3=O)c(F)c2)cc1.CN1CC=C(c2ccc(CN3Cc4ncccc4C3=O)c(F)c2)CC1.Cc1nc(-c2ccc(CN3Cc4ccccc4S3(=O)=O)cc2)cs1.Cn1cc2cc(-c3cc(F)c(CN4Cc5ncccc5C4=O)c(F)c3)ccc2n1.O=S1(=O)c2ccccc2CN1Cc1ccc(-n2cccn2)cc1. The fraction of sp³-hybridized carbons (Fsp3) is 0.182. The predicted octanol–water partition coefficient (Wildman–Crippen LogP) is 17.7. The normalized spacial score (nSPS) is 15.2. The van der Waals surface area contributed by atoms with Crippen molar-refractivity contribution in [2.45, 2.75) is 88.6 Å². The van der Waals surface area contributed by atoms with E-state index in [1.54, 1.807) is 140 Å². The Morgan fingerprint density at radius 1 is 0.469 bits per heavy atom. The van der Waals surface area contributed by atoms with E-state index in [0.29, 0.717) is 93.7 Å². The lowest BCUT2D eigenvalue weighted by Crippen LogP contribution is -2.24. The maximum Gasteiger partial charge on any atom is 0.256 e. The maximum absolute atomic E-state index is 14.8. The lowest BCUT2D eigenvalue weighted by atomic mass is 9.98. The number of hydrogen-bond acceptors (Lipinski definition) is 16. The Kier molecular flexibility index (Phi) is 25.0. The molecule has 15 aromatic rings. The summed E-state index contributed by atoms with van der Waals surface area (Å²) in [6.07, 6.45) is 13.5. The molecule has 0 spiro atoms. The average Bonchev–Trinajstić information content (AvgIpc) is 1.62.